The number of carbonyl (C=O) groups is 1. The summed E-state index contributed by atoms with van der Waals surface area (Å²) in [5, 5.41) is 0. The molecule has 0 bridgehead atoms. The van der Waals surface area contributed by atoms with Gasteiger partial charge in [0.15, 0.2) is 0 Å². The SMILES string of the molecule is CCCN(C(=O)c1cccc(C#CCN)c1C)C1CC1. The van der Waals surface area contributed by atoms with Crippen molar-refractivity contribution in [3.8, 4) is 11.8 Å². The molecule has 0 spiro atoms. The Morgan fingerprint density at radius 3 is 2.80 bits per heavy atom. The van der Waals surface area contributed by atoms with E-state index in [0.29, 0.717) is 12.6 Å². The summed E-state index contributed by atoms with van der Waals surface area (Å²) >= 11 is 0. The largest absolute Gasteiger partial charge is 0.336 e. The third-order valence-electron chi connectivity index (χ3n) is 3.60. The average molecular weight is 270 g/mol. The quantitative estimate of drug-likeness (QED) is 0.853. The van der Waals surface area contributed by atoms with Crippen molar-refractivity contribution in [2.45, 2.75) is 39.2 Å². The van der Waals surface area contributed by atoms with E-state index in [1.165, 1.54) is 0 Å². The lowest BCUT2D eigenvalue weighted by Crippen LogP contribution is -2.34. The number of amides is 1. The van der Waals surface area contributed by atoms with Crippen LogP contribution in [-0.4, -0.2) is 29.9 Å². The first-order valence-corrected chi connectivity index (χ1v) is 7.28. The van der Waals surface area contributed by atoms with Crippen molar-refractivity contribution >= 4 is 5.91 Å². The van der Waals surface area contributed by atoms with Crippen molar-refractivity contribution in [3.63, 3.8) is 0 Å². The van der Waals surface area contributed by atoms with Crippen molar-refractivity contribution in [1.29, 1.82) is 0 Å². The van der Waals surface area contributed by atoms with E-state index in [1.807, 2.05) is 30.0 Å². The summed E-state index contributed by atoms with van der Waals surface area (Å²) in [6.45, 7) is 5.24. The minimum absolute atomic E-state index is 0.142. The lowest BCUT2D eigenvalue weighted by molar-refractivity contribution is 0.0742. The van der Waals surface area contributed by atoms with Crippen LogP contribution in [0.15, 0.2) is 18.2 Å². The van der Waals surface area contributed by atoms with Gasteiger partial charge in [0, 0.05) is 23.7 Å². The van der Waals surface area contributed by atoms with Crippen LogP contribution in [-0.2, 0) is 0 Å². The fourth-order valence-electron chi connectivity index (χ4n) is 2.38. The van der Waals surface area contributed by atoms with Crippen LogP contribution in [0.5, 0.6) is 0 Å². The van der Waals surface area contributed by atoms with E-state index in [2.05, 4.69) is 18.8 Å². The van der Waals surface area contributed by atoms with Gasteiger partial charge in [0.2, 0.25) is 0 Å². The van der Waals surface area contributed by atoms with E-state index < -0.39 is 0 Å². The number of nitrogens with zero attached hydrogens (tertiary/aromatic N) is 1. The first kappa shape index (κ1) is 14.6. The van der Waals surface area contributed by atoms with Gasteiger partial charge in [0.1, 0.15) is 0 Å². The maximum absolute atomic E-state index is 12.7. The Bertz CT molecular complexity index is 550. The van der Waals surface area contributed by atoms with Gasteiger partial charge in [-0.25, -0.2) is 0 Å². The molecule has 2 rings (SSSR count). The lowest BCUT2D eigenvalue weighted by atomic mass is 10.0. The molecule has 0 heterocycles. The Kier molecular flexibility index (Phi) is 4.81. The van der Waals surface area contributed by atoms with E-state index in [-0.39, 0.29) is 5.91 Å². The fourth-order valence-corrected chi connectivity index (χ4v) is 2.38. The van der Waals surface area contributed by atoms with E-state index >= 15 is 0 Å². The second-order valence-electron chi connectivity index (χ2n) is 5.21. The highest BCUT2D eigenvalue weighted by molar-refractivity contribution is 5.96. The molecule has 1 fully saturated rings. The second kappa shape index (κ2) is 6.58. The summed E-state index contributed by atoms with van der Waals surface area (Å²) in [6, 6.07) is 6.19. The first-order chi connectivity index (χ1) is 9.69. The van der Waals surface area contributed by atoms with Gasteiger partial charge < -0.3 is 10.6 Å². The van der Waals surface area contributed by atoms with Crippen molar-refractivity contribution < 1.29 is 4.79 Å². The van der Waals surface area contributed by atoms with E-state index in [1.54, 1.807) is 0 Å². The lowest BCUT2D eigenvalue weighted by Gasteiger charge is -2.23. The molecule has 1 aliphatic carbocycles. The van der Waals surface area contributed by atoms with Gasteiger partial charge in [-0.15, -0.1) is 0 Å². The molecule has 2 N–H and O–H groups in total. The van der Waals surface area contributed by atoms with Crippen LogP contribution in [0.4, 0.5) is 0 Å². The molecule has 1 aliphatic rings. The Morgan fingerprint density at radius 2 is 2.20 bits per heavy atom. The zero-order valence-corrected chi connectivity index (χ0v) is 12.3. The molecule has 1 saturated carbocycles. The molecule has 0 saturated heterocycles. The minimum atomic E-state index is 0.142. The zero-order valence-electron chi connectivity index (χ0n) is 12.3. The van der Waals surface area contributed by atoms with Gasteiger partial charge in [0.25, 0.3) is 5.91 Å². The number of rotatable bonds is 4. The number of hydrogen-bond acceptors (Lipinski definition) is 2. The van der Waals surface area contributed by atoms with Gasteiger partial charge in [-0.1, -0.05) is 24.8 Å². The van der Waals surface area contributed by atoms with E-state index in [0.717, 1.165) is 42.5 Å². The molecule has 0 aliphatic heterocycles. The Hall–Kier alpha value is -1.79. The van der Waals surface area contributed by atoms with Crippen LogP contribution < -0.4 is 5.73 Å². The van der Waals surface area contributed by atoms with Crippen molar-refractivity contribution in [1.82, 2.24) is 4.90 Å². The smallest absolute Gasteiger partial charge is 0.254 e. The van der Waals surface area contributed by atoms with Gasteiger partial charge in [0.05, 0.1) is 6.54 Å². The molecule has 0 unspecified atom stereocenters. The molecule has 20 heavy (non-hydrogen) atoms. The van der Waals surface area contributed by atoms with Crippen molar-refractivity contribution in [2.75, 3.05) is 13.1 Å². The summed E-state index contributed by atoms with van der Waals surface area (Å²) < 4.78 is 0. The molecule has 1 aromatic carbocycles. The highest BCUT2D eigenvalue weighted by Gasteiger charge is 2.32. The summed E-state index contributed by atoms with van der Waals surface area (Å²) in [5.41, 5.74) is 8.04. The first-order valence-electron chi connectivity index (χ1n) is 7.28. The highest BCUT2D eigenvalue weighted by Crippen LogP contribution is 2.29. The van der Waals surface area contributed by atoms with Crippen LogP contribution in [0.3, 0.4) is 0 Å². The summed E-state index contributed by atoms with van der Waals surface area (Å²) in [6.07, 6.45) is 3.27. The van der Waals surface area contributed by atoms with Crippen molar-refractivity contribution in [3.05, 3.63) is 34.9 Å². The maximum Gasteiger partial charge on any atom is 0.254 e. The maximum atomic E-state index is 12.7. The number of carbonyl (C=O) groups excluding carboxylic acids is 1. The van der Waals surface area contributed by atoms with Gasteiger partial charge in [-0.2, -0.15) is 0 Å². The summed E-state index contributed by atoms with van der Waals surface area (Å²) in [5.74, 6) is 6.03. The van der Waals surface area contributed by atoms with Crippen LogP contribution in [0, 0.1) is 18.8 Å². The van der Waals surface area contributed by atoms with Crippen LogP contribution in [0.1, 0.15) is 47.7 Å². The molecule has 1 amide bonds. The van der Waals surface area contributed by atoms with Gasteiger partial charge in [-0.3, -0.25) is 4.79 Å². The topological polar surface area (TPSA) is 46.3 Å². The van der Waals surface area contributed by atoms with Crippen LogP contribution in [0.25, 0.3) is 0 Å². The highest BCUT2D eigenvalue weighted by atomic mass is 16.2. The third-order valence-corrected chi connectivity index (χ3v) is 3.60. The summed E-state index contributed by atoms with van der Waals surface area (Å²) in [4.78, 5) is 14.7. The van der Waals surface area contributed by atoms with E-state index in [9.17, 15) is 4.79 Å². The molecular formula is C17H22N2O. The normalized spacial score (nSPS) is 13.6. The molecular weight excluding hydrogens is 248 g/mol. The number of nitrogens with two attached hydrogens (primary N) is 1. The Morgan fingerprint density at radius 1 is 1.45 bits per heavy atom. The minimum Gasteiger partial charge on any atom is -0.336 e. The third kappa shape index (κ3) is 3.20. The van der Waals surface area contributed by atoms with E-state index in [4.69, 9.17) is 5.73 Å². The van der Waals surface area contributed by atoms with Gasteiger partial charge in [-0.05, 0) is 43.9 Å². The number of benzene rings is 1. The van der Waals surface area contributed by atoms with Gasteiger partial charge >= 0.3 is 0 Å². The van der Waals surface area contributed by atoms with Crippen LogP contribution >= 0.6 is 0 Å². The molecule has 0 aromatic heterocycles. The Balaban J connectivity index is 2.29. The molecule has 1 aromatic rings. The summed E-state index contributed by atoms with van der Waals surface area (Å²) in [7, 11) is 0. The molecule has 0 radical (unpaired) electrons. The average Bonchev–Trinajstić information content (AvgIpc) is 3.27. The molecule has 3 nitrogen and oxygen atoms in total. The number of hydrogen-bond donors (Lipinski definition) is 1. The Labute approximate surface area is 121 Å². The second-order valence-corrected chi connectivity index (χ2v) is 5.21. The molecule has 3 heteroatoms. The monoisotopic (exact) mass is 270 g/mol. The zero-order chi connectivity index (χ0) is 14.5. The predicted molar refractivity (Wildman–Crippen MR) is 81.5 cm³/mol. The standard InChI is InChI=1S/C17H22N2O/c1-3-12-19(15-9-10-15)17(20)16-8-4-6-14(13(16)2)7-5-11-18/h4,6,8,15H,3,9-12,18H2,1-2H3. The fraction of sp³-hybridized carbons (Fsp3) is 0.471. The van der Waals surface area contributed by atoms with Crippen molar-refractivity contribution in [2.24, 2.45) is 5.73 Å². The molecule has 0 atom stereocenters. The molecule has 106 valence electrons. The predicted octanol–water partition coefficient (Wildman–Crippen LogP) is 2.32. The van der Waals surface area contributed by atoms with Crippen LogP contribution in [0.2, 0.25) is 0 Å².